The molecule has 5 nitrogen and oxygen atoms in total. The highest BCUT2D eigenvalue weighted by molar-refractivity contribution is 7.99. The molecule has 2 aliphatic rings. The lowest BCUT2D eigenvalue weighted by atomic mass is 10.1. The smallest absolute Gasteiger partial charge is 0.228 e. The van der Waals surface area contributed by atoms with Crippen LogP contribution in [0.5, 0.6) is 0 Å². The third-order valence-corrected chi connectivity index (χ3v) is 5.63. The van der Waals surface area contributed by atoms with E-state index in [0.29, 0.717) is 24.8 Å². The molecule has 1 aromatic carbocycles. The Bertz CT molecular complexity index is 759. The molecular formula is C17H20F2N4OS. The quantitative estimate of drug-likeness (QED) is 0.757. The topological polar surface area (TPSA) is 43.2 Å². The number of benzene rings is 1. The minimum Gasteiger partial charge on any atom is -0.378 e. The predicted octanol–water partition coefficient (Wildman–Crippen LogP) is 3.58. The zero-order valence-corrected chi connectivity index (χ0v) is 14.8. The first-order valence-electron chi connectivity index (χ1n) is 8.52. The molecule has 25 heavy (non-hydrogen) atoms. The number of aromatic nitrogens is 3. The van der Waals surface area contributed by atoms with Crippen molar-refractivity contribution < 1.29 is 13.5 Å². The first-order chi connectivity index (χ1) is 12.1. The van der Waals surface area contributed by atoms with Gasteiger partial charge >= 0.3 is 0 Å². The molecule has 0 bridgehead atoms. The van der Waals surface area contributed by atoms with Crippen LogP contribution in [0.25, 0.3) is 0 Å². The molecule has 0 amide bonds. The Balaban J connectivity index is 1.58. The van der Waals surface area contributed by atoms with Crippen molar-refractivity contribution in [2.75, 3.05) is 31.2 Å². The van der Waals surface area contributed by atoms with Gasteiger partial charge in [-0.2, -0.15) is 0 Å². The van der Waals surface area contributed by atoms with Gasteiger partial charge in [0.25, 0.3) is 0 Å². The number of hydrogen-bond acceptors (Lipinski definition) is 5. The van der Waals surface area contributed by atoms with Gasteiger partial charge in [-0.05, 0) is 25.8 Å². The van der Waals surface area contributed by atoms with Gasteiger partial charge in [0.05, 0.1) is 13.2 Å². The van der Waals surface area contributed by atoms with Crippen LogP contribution in [0.4, 0.5) is 14.7 Å². The molecule has 4 rings (SSSR count). The van der Waals surface area contributed by atoms with E-state index in [1.54, 1.807) is 0 Å². The number of anilines is 1. The number of halogens is 2. The molecule has 2 fully saturated rings. The normalized spacial score (nSPS) is 19.2. The van der Waals surface area contributed by atoms with Crippen LogP contribution in [-0.2, 0) is 4.74 Å². The Kier molecular flexibility index (Phi) is 4.64. The van der Waals surface area contributed by atoms with Crippen molar-refractivity contribution in [2.24, 2.45) is 0 Å². The summed E-state index contributed by atoms with van der Waals surface area (Å²) in [5.74, 6) is -0.208. The summed E-state index contributed by atoms with van der Waals surface area (Å²) >= 11 is 1.47. The summed E-state index contributed by atoms with van der Waals surface area (Å²) in [5, 5.41) is 9.37. The lowest BCUT2D eigenvalue weighted by molar-refractivity contribution is 0.121. The van der Waals surface area contributed by atoms with Crippen LogP contribution < -0.4 is 4.90 Å². The molecule has 1 atom stereocenters. The monoisotopic (exact) mass is 366 g/mol. The second-order valence-electron chi connectivity index (χ2n) is 6.41. The van der Waals surface area contributed by atoms with Crippen molar-refractivity contribution >= 4 is 17.7 Å². The van der Waals surface area contributed by atoms with Crippen molar-refractivity contribution in [2.45, 2.75) is 36.2 Å². The third-order valence-electron chi connectivity index (χ3n) is 4.54. The van der Waals surface area contributed by atoms with Crippen LogP contribution >= 0.6 is 11.8 Å². The lowest BCUT2D eigenvalue weighted by Crippen LogP contribution is -2.38. The van der Waals surface area contributed by atoms with Crippen molar-refractivity contribution in [3.8, 4) is 0 Å². The van der Waals surface area contributed by atoms with E-state index in [1.165, 1.54) is 23.9 Å². The van der Waals surface area contributed by atoms with E-state index >= 15 is 0 Å². The summed E-state index contributed by atoms with van der Waals surface area (Å²) in [6, 6.07) is 4.14. The lowest BCUT2D eigenvalue weighted by Gasteiger charge is -2.28. The minimum absolute atomic E-state index is 0.181. The van der Waals surface area contributed by atoms with Crippen LogP contribution in [0.2, 0.25) is 0 Å². The number of rotatable bonds is 5. The number of hydrogen-bond donors (Lipinski definition) is 0. The number of thioether (sulfide) groups is 1. The fourth-order valence-corrected chi connectivity index (χ4v) is 4.10. The first kappa shape index (κ1) is 16.8. The SMILES string of the molecule is CC(Sc1nnc(N2CCOCC2)n1C1CC1)c1ccc(F)cc1F. The Hall–Kier alpha value is -1.67. The van der Waals surface area contributed by atoms with E-state index in [9.17, 15) is 8.78 Å². The molecule has 2 heterocycles. The van der Waals surface area contributed by atoms with Gasteiger partial charge < -0.3 is 9.64 Å². The predicted molar refractivity (Wildman–Crippen MR) is 92.0 cm³/mol. The Morgan fingerprint density at radius 1 is 1.20 bits per heavy atom. The van der Waals surface area contributed by atoms with Gasteiger partial charge in [0, 0.05) is 36.0 Å². The largest absolute Gasteiger partial charge is 0.378 e. The van der Waals surface area contributed by atoms with Gasteiger partial charge in [0.15, 0.2) is 5.16 Å². The molecule has 0 N–H and O–H groups in total. The van der Waals surface area contributed by atoms with Crippen molar-refractivity contribution in [1.29, 1.82) is 0 Å². The van der Waals surface area contributed by atoms with Crippen LogP contribution in [0.15, 0.2) is 23.4 Å². The van der Waals surface area contributed by atoms with Gasteiger partial charge in [-0.25, -0.2) is 8.78 Å². The zero-order valence-electron chi connectivity index (χ0n) is 14.0. The molecule has 134 valence electrons. The number of nitrogens with zero attached hydrogens (tertiary/aromatic N) is 4. The van der Waals surface area contributed by atoms with Crippen LogP contribution in [-0.4, -0.2) is 41.1 Å². The second-order valence-corrected chi connectivity index (χ2v) is 7.72. The summed E-state index contributed by atoms with van der Waals surface area (Å²) in [5.41, 5.74) is 0.477. The summed E-state index contributed by atoms with van der Waals surface area (Å²) in [6.45, 7) is 4.89. The van der Waals surface area contributed by atoms with Gasteiger partial charge in [-0.15, -0.1) is 10.2 Å². The van der Waals surface area contributed by atoms with E-state index in [2.05, 4.69) is 19.7 Å². The maximum atomic E-state index is 14.1. The van der Waals surface area contributed by atoms with E-state index < -0.39 is 11.6 Å². The van der Waals surface area contributed by atoms with Gasteiger partial charge in [0.1, 0.15) is 11.6 Å². The second kappa shape index (κ2) is 6.92. The summed E-state index contributed by atoms with van der Waals surface area (Å²) in [4.78, 5) is 2.20. The standard InChI is InChI=1S/C17H20F2N4OS/c1-11(14-5-2-12(18)10-15(14)19)25-17-21-20-16(23(17)13-3-4-13)22-6-8-24-9-7-22/h2,5,10-11,13H,3-4,6-9H2,1H3. The van der Waals surface area contributed by atoms with E-state index in [-0.39, 0.29) is 5.25 Å². The van der Waals surface area contributed by atoms with Gasteiger partial charge in [-0.3, -0.25) is 4.57 Å². The van der Waals surface area contributed by atoms with Crippen LogP contribution in [0.3, 0.4) is 0 Å². The molecule has 0 spiro atoms. The molecular weight excluding hydrogens is 346 g/mol. The third kappa shape index (κ3) is 3.50. The molecule has 1 unspecified atom stereocenters. The molecule has 1 aliphatic carbocycles. The highest BCUT2D eigenvalue weighted by atomic mass is 32.2. The van der Waals surface area contributed by atoms with Gasteiger partial charge in [0.2, 0.25) is 5.95 Å². The van der Waals surface area contributed by atoms with Gasteiger partial charge in [-0.1, -0.05) is 17.8 Å². The van der Waals surface area contributed by atoms with Crippen molar-refractivity contribution in [3.63, 3.8) is 0 Å². The zero-order chi connectivity index (χ0) is 17.4. The Morgan fingerprint density at radius 3 is 2.64 bits per heavy atom. The Morgan fingerprint density at radius 2 is 1.96 bits per heavy atom. The van der Waals surface area contributed by atoms with E-state index in [1.807, 2.05) is 6.92 Å². The summed E-state index contributed by atoms with van der Waals surface area (Å²) in [7, 11) is 0. The van der Waals surface area contributed by atoms with Crippen molar-refractivity contribution in [1.82, 2.24) is 14.8 Å². The maximum absolute atomic E-state index is 14.1. The average molecular weight is 366 g/mol. The molecule has 0 radical (unpaired) electrons. The maximum Gasteiger partial charge on any atom is 0.228 e. The summed E-state index contributed by atoms with van der Waals surface area (Å²) < 4.78 is 34.8. The molecule has 1 saturated heterocycles. The van der Waals surface area contributed by atoms with Crippen molar-refractivity contribution in [3.05, 3.63) is 35.4 Å². The Labute approximate surface area is 149 Å². The fourth-order valence-electron chi connectivity index (χ4n) is 3.03. The van der Waals surface area contributed by atoms with E-state index in [0.717, 1.165) is 43.1 Å². The minimum atomic E-state index is -0.561. The number of morpholine rings is 1. The fraction of sp³-hybridized carbons (Fsp3) is 0.529. The average Bonchev–Trinajstić information content (AvgIpc) is 3.36. The molecule has 1 aliphatic heterocycles. The van der Waals surface area contributed by atoms with Crippen LogP contribution in [0, 0.1) is 11.6 Å². The molecule has 1 saturated carbocycles. The van der Waals surface area contributed by atoms with E-state index in [4.69, 9.17) is 4.74 Å². The highest BCUT2D eigenvalue weighted by Crippen LogP contribution is 2.44. The van der Waals surface area contributed by atoms with Crippen LogP contribution in [0.1, 0.15) is 36.6 Å². The highest BCUT2D eigenvalue weighted by Gasteiger charge is 2.33. The molecule has 2 aromatic rings. The summed E-state index contributed by atoms with van der Waals surface area (Å²) in [6.07, 6.45) is 2.23. The molecule has 8 heteroatoms. The first-order valence-corrected chi connectivity index (χ1v) is 9.40. The number of ether oxygens (including phenoxy) is 1. The molecule has 1 aromatic heterocycles.